The Morgan fingerprint density at radius 2 is 2.00 bits per heavy atom. The van der Waals surface area contributed by atoms with Crippen LogP contribution in [0.2, 0.25) is 0 Å². The number of nitrogens with one attached hydrogen (secondary N) is 1. The lowest BCUT2D eigenvalue weighted by molar-refractivity contribution is 0.312. The maximum atomic E-state index is 5.88. The van der Waals surface area contributed by atoms with Gasteiger partial charge in [-0.15, -0.1) is 0 Å². The summed E-state index contributed by atoms with van der Waals surface area (Å²) in [6.45, 7) is 3.97. The third kappa shape index (κ3) is 1.68. The van der Waals surface area contributed by atoms with Gasteiger partial charge in [0.25, 0.3) is 0 Å². The van der Waals surface area contributed by atoms with Crippen LogP contribution in [0.1, 0.15) is 0 Å². The summed E-state index contributed by atoms with van der Waals surface area (Å²) >= 11 is 0. The summed E-state index contributed by atoms with van der Waals surface area (Å²) in [6.07, 6.45) is 1.54. The van der Waals surface area contributed by atoms with Crippen LogP contribution in [-0.4, -0.2) is 58.3 Å². The Labute approximate surface area is 98.6 Å². The van der Waals surface area contributed by atoms with Gasteiger partial charge in [0, 0.05) is 26.2 Å². The molecule has 7 heteroatoms. The van der Waals surface area contributed by atoms with Gasteiger partial charge in [-0.3, -0.25) is 5.10 Å². The average Bonchev–Trinajstić information content (AvgIpc) is 2.73. The average molecular weight is 233 g/mol. The first kappa shape index (κ1) is 10.3. The molecule has 0 spiro atoms. The van der Waals surface area contributed by atoms with Gasteiger partial charge in [-0.05, 0) is 7.05 Å². The minimum atomic E-state index is 0.537. The highest BCUT2D eigenvalue weighted by atomic mass is 15.3. The minimum Gasteiger partial charge on any atom is -0.383 e. The molecule has 0 bridgehead atoms. The highest BCUT2D eigenvalue weighted by Gasteiger charge is 2.20. The molecule has 1 fully saturated rings. The Hall–Kier alpha value is -1.89. The number of H-pyrrole nitrogens is 1. The molecule has 3 N–H and O–H groups in total. The molecule has 0 aromatic carbocycles. The van der Waals surface area contributed by atoms with Crippen molar-refractivity contribution in [3.05, 3.63) is 6.33 Å². The molecule has 0 atom stereocenters. The molecule has 0 unspecified atom stereocenters. The summed E-state index contributed by atoms with van der Waals surface area (Å²) in [6, 6.07) is 0. The Balaban J connectivity index is 2.02. The Morgan fingerprint density at radius 3 is 2.76 bits per heavy atom. The topological polar surface area (TPSA) is 87.0 Å². The van der Waals surface area contributed by atoms with Gasteiger partial charge in [-0.2, -0.15) is 5.10 Å². The van der Waals surface area contributed by atoms with E-state index < -0.39 is 0 Å². The highest BCUT2D eigenvalue weighted by Crippen LogP contribution is 2.26. The molecule has 90 valence electrons. The number of rotatable bonds is 1. The molecule has 7 nitrogen and oxygen atoms in total. The largest absolute Gasteiger partial charge is 0.383 e. The van der Waals surface area contributed by atoms with E-state index in [1.165, 1.54) is 6.33 Å². The van der Waals surface area contributed by atoms with E-state index in [1.807, 2.05) is 0 Å². The summed E-state index contributed by atoms with van der Waals surface area (Å²) in [7, 11) is 2.12. The summed E-state index contributed by atoms with van der Waals surface area (Å²) < 4.78 is 0. The molecule has 3 heterocycles. The number of nitrogens with two attached hydrogens (primary N) is 1. The normalized spacial score (nSPS) is 17.8. The lowest BCUT2D eigenvalue weighted by atomic mass is 10.3. The molecule has 3 rings (SSSR count). The molecule has 0 aliphatic carbocycles. The van der Waals surface area contributed by atoms with E-state index in [4.69, 9.17) is 5.73 Å². The summed E-state index contributed by atoms with van der Waals surface area (Å²) in [5.41, 5.74) is 6.51. The van der Waals surface area contributed by atoms with Crippen molar-refractivity contribution in [2.45, 2.75) is 0 Å². The molecule has 0 saturated carbocycles. The van der Waals surface area contributed by atoms with E-state index in [2.05, 4.69) is 37.0 Å². The zero-order chi connectivity index (χ0) is 11.8. The fourth-order valence-electron chi connectivity index (χ4n) is 2.12. The zero-order valence-electron chi connectivity index (χ0n) is 9.72. The van der Waals surface area contributed by atoms with E-state index >= 15 is 0 Å². The van der Waals surface area contributed by atoms with Crippen molar-refractivity contribution in [2.24, 2.45) is 0 Å². The van der Waals surface area contributed by atoms with Crippen LogP contribution >= 0.6 is 0 Å². The van der Waals surface area contributed by atoms with Crippen LogP contribution in [0.3, 0.4) is 0 Å². The Morgan fingerprint density at radius 1 is 1.24 bits per heavy atom. The van der Waals surface area contributed by atoms with Gasteiger partial charge in [0.1, 0.15) is 23.3 Å². The third-order valence-corrected chi connectivity index (χ3v) is 3.16. The second-order valence-corrected chi connectivity index (χ2v) is 4.32. The Kier molecular flexibility index (Phi) is 2.32. The van der Waals surface area contributed by atoms with Crippen molar-refractivity contribution in [2.75, 3.05) is 43.9 Å². The van der Waals surface area contributed by atoms with Crippen molar-refractivity contribution in [1.82, 2.24) is 25.1 Å². The van der Waals surface area contributed by atoms with E-state index in [-0.39, 0.29) is 0 Å². The second kappa shape index (κ2) is 3.85. The van der Waals surface area contributed by atoms with Crippen LogP contribution in [0.15, 0.2) is 6.33 Å². The first-order valence-electron chi connectivity index (χ1n) is 5.64. The van der Waals surface area contributed by atoms with Crippen molar-refractivity contribution in [3.63, 3.8) is 0 Å². The second-order valence-electron chi connectivity index (χ2n) is 4.32. The van der Waals surface area contributed by atoms with E-state index in [9.17, 15) is 0 Å². The van der Waals surface area contributed by atoms with Crippen LogP contribution in [0, 0.1) is 0 Å². The summed E-state index contributed by atoms with van der Waals surface area (Å²) in [5, 5.41) is 7.63. The number of hydrogen-bond acceptors (Lipinski definition) is 6. The van der Waals surface area contributed by atoms with Crippen LogP contribution in [0.25, 0.3) is 11.0 Å². The lowest BCUT2D eigenvalue weighted by Gasteiger charge is -2.33. The van der Waals surface area contributed by atoms with Gasteiger partial charge in [0.2, 0.25) is 0 Å². The van der Waals surface area contributed by atoms with Crippen molar-refractivity contribution in [3.8, 4) is 0 Å². The van der Waals surface area contributed by atoms with E-state index in [0.29, 0.717) is 11.5 Å². The number of fused-ring (bicyclic) bond motifs is 1. The molecule has 17 heavy (non-hydrogen) atoms. The highest BCUT2D eigenvalue weighted by molar-refractivity contribution is 5.95. The number of anilines is 2. The minimum absolute atomic E-state index is 0.537. The number of piperazine rings is 1. The smallest absolute Gasteiger partial charge is 0.188 e. The molecule has 1 saturated heterocycles. The van der Waals surface area contributed by atoms with E-state index in [1.54, 1.807) is 0 Å². The van der Waals surface area contributed by atoms with Gasteiger partial charge >= 0.3 is 0 Å². The zero-order valence-corrected chi connectivity index (χ0v) is 9.72. The number of nitrogen functional groups attached to an aromatic ring is 1. The molecule has 1 aliphatic heterocycles. The van der Waals surface area contributed by atoms with E-state index in [0.717, 1.165) is 37.4 Å². The number of aromatic amines is 1. The maximum absolute atomic E-state index is 5.88. The maximum Gasteiger partial charge on any atom is 0.188 e. The number of likely N-dealkylation sites (N-methyl/N-ethyl adjacent to an activating group) is 1. The van der Waals surface area contributed by atoms with Gasteiger partial charge in [-0.1, -0.05) is 0 Å². The predicted molar refractivity (Wildman–Crippen MR) is 65.8 cm³/mol. The molecule has 1 aliphatic rings. The number of aromatic nitrogens is 4. The Bertz CT molecular complexity index is 526. The molecule has 2 aromatic rings. The van der Waals surface area contributed by atoms with Gasteiger partial charge < -0.3 is 15.5 Å². The van der Waals surface area contributed by atoms with Crippen molar-refractivity contribution >= 4 is 22.7 Å². The lowest BCUT2D eigenvalue weighted by Crippen LogP contribution is -2.44. The number of hydrogen-bond donors (Lipinski definition) is 2. The van der Waals surface area contributed by atoms with Crippen molar-refractivity contribution in [1.29, 1.82) is 0 Å². The SMILES string of the molecule is CN1CCN(c2ncnc3n[nH]c(N)c23)CC1. The molecular weight excluding hydrogens is 218 g/mol. The first-order valence-corrected chi connectivity index (χ1v) is 5.64. The van der Waals surface area contributed by atoms with Gasteiger partial charge in [-0.25, -0.2) is 9.97 Å². The predicted octanol–water partition coefficient (Wildman–Crippen LogP) is -0.313. The molecule has 0 radical (unpaired) electrons. The quantitative estimate of drug-likeness (QED) is 0.702. The van der Waals surface area contributed by atoms with Crippen LogP contribution in [0.4, 0.5) is 11.6 Å². The standard InChI is InChI=1S/C10H15N7/c1-16-2-4-17(5-3-16)10-7-8(11)14-15-9(7)12-6-13-10/h6H,2-5H2,1H3,(H3,11,12,13,14,15). The monoisotopic (exact) mass is 233 g/mol. The van der Waals surface area contributed by atoms with Gasteiger partial charge in [0.15, 0.2) is 5.65 Å². The molecule has 2 aromatic heterocycles. The summed E-state index contributed by atoms with van der Waals surface area (Å²) in [5.74, 6) is 1.42. The van der Waals surface area contributed by atoms with Gasteiger partial charge in [0.05, 0.1) is 0 Å². The third-order valence-electron chi connectivity index (χ3n) is 3.16. The molecule has 0 amide bonds. The van der Waals surface area contributed by atoms with Crippen LogP contribution < -0.4 is 10.6 Å². The fraction of sp³-hybridized carbons (Fsp3) is 0.500. The fourth-order valence-corrected chi connectivity index (χ4v) is 2.12. The first-order chi connectivity index (χ1) is 8.25. The van der Waals surface area contributed by atoms with Crippen LogP contribution in [-0.2, 0) is 0 Å². The molecular formula is C10H15N7. The van der Waals surface area contributed by atoms with Crippen molar-refractivity contribution < 1.29 is 0 Å². The summed E-state index contributed by atoms with van der Waals surface area (Å²) in [4.78, 5) is 13.0. The van der Waals surface area contributed by atoms with Crippen LogP contribution in [0.5, 0.6) is 0 Å². The number of nitrogens with zero attached hydrogens (tertiary/aromatic N) is 5.